The summed E-state index contributed by atoms with van der Waals surface area (Å²) < 4.78 is 0. The predicted molar refractivity (Wildman–Crippen MR) is 64.2 cm³/mol. The Morgan fingerprint density at radius 2 is 2.00 bits per heavy atom. The van der Waals surface area contributed by atoms with Crippen molar-refractivity contribution in [1.82, 2.24) is 4.98 Å². The van der Waals surface area contributed by atoms with E-state index in [9.17, 15) is 0 Å². The van der Waals surface area contributed by atoms with Crippen LogP contribution < -0.4 is 5.73 Å². The number of hydrogen-bond donors (Lipinski definition) is 1. The second kappa shape index (κ2) is 3.72. The average Bonchev–Trinajstić information content (AvgIpc) is 2.66. The molecule has 0 amide bonds. The Bertz CT molecular complexity index is 493. The number of rotatable bonds is 1. The molecule has 1 aromatic heterocycles. The summed E-state index contributed by atoms with van der Waals surface area (Å²) in [5.41, 5.74) is 10.2. The molecule has 0 aliphatic heterocycles. The number of fused-ring (bicyclic) bond motifs is 1. The van der Waals surface area contributed by atoms with Crippen LogP contribution in [0.25, 0.3) is 0 Å². The SMILES string of the molecule is NC1Cc2ccccc2C1c1cccnc1. The molecule has 2 atom stereocenters. The Balaban J connectivity index is 2.09. The zero-order valence-electron chi connectivity index (χ0n) is 9.01. The molecule has 2 aromatic rings. The molecule has 0 fully saturated rings. The van der Waals surface area contributed by atoms with Crippen molar-refractivity contribution in [2.24, 2.45) is 5.73 Å². The minimum atomic E-state index is 0.182. The number of benzene rings is 1. The maximum Gasteiger partial charge on any atom is 0.0306 e. The Labute approximate surface area is 95.1 Å². The van der Waals surface area contributed by atoms with Crippen LogP contribution in [0.15, 0.2) is 48.8 Å². The molecular formula is C14H14N2. The maximum absolute atomic E-state index is 6.23. The van der Waals surface area contributed by atoms with Crippen LogP contribution in [-0.2, 0) is 6.42 Å². The summed E-state index contributed by atoms with van der Waals surface area (Å²) in [7, 11) is 0. The van der Waals surface area contributed by atoms with E-state index >= 15 is 0 Å². The van der Waals surface area contributed by atoms with Crippen LogP contribution in [0.2, 0.25) is 0 Å². The highest BCUT2D eigenvalue weighted by Crippen LogP contribution is 2.36. The summed E-state index contributed by atoms with van der Waals surface area (Å²) in [5.74, 6) is 0.310. The van der Waals surface area contributed by atoms with Crippen LogP contribution in [0.4, 0.5) is 0 Å². The molecule has 1 aromatic carbocycles. The molecule has 1 heterocycles. The largest absolute Gasteiger partial charge is 0.327 e. The molecule has 0 bridgehead atoms. The fraction of sp³-hybridized carbons (Fsp3) is 0.214. The average molecular weight is 210 g/mol. The van der Waals surface area contributed by atoms with Crippen molar-refractivity contribution in [2.45, 2.75) is 18.4 Å². The summed E-state index contributed by atoms with van der Waals surface area (Å²) in [6, 6.07) is 12.8. The molecule has 0 saturated carbocycles. The summed E-state index contributed by atoms with van der Waals surface area (Å²) >= 11 is 0. The van der Waals surface area contributed by atoms with E-state index in [2.05, 4.69) is 35.3 Å². The molecule has 2 N–H and O–H groups in total. The number of nitrogens with two attached hydrogens (primary N) is 1. The quantitative estimate of drug-likeness (QED) is 0.782. The highest BCUT2D eigenvalue weighted by atomic mass is 14.7. The fourth-order valence-electron chi connectivity index (χ4n) is 2.61. The lowest BCUT2D eigenvalue weighted by Crippen LogP contribution is -2.25. The highest BCUT2D eigenvalue weighted by Gasteiger charge is 2.30. The van der Waals surface area contributed by atoms with Crippen molar-refractivity contribution in [2.75, 3.05) is 0 Å². The van der Waals surface area contributed by atoms with Crippen molar-refractivity contribution in [1.29, 1.82) is 0 Å². The molecule has 80 valence electrons. The Kier molecular flexibility index (Phi) is 2.22. The normalized spacial score (nSPS) is 23.1. The first-order chi connectivity index (χ1) is 7.86. The van der Waals surface area contributed by atoms with E-state index in [1.165, 1.54) is 16.7 Å². The van der Waals surface area contributed by atoms with Gasteiger partial charge in [0.1, 0.15) is 0 Å². The van der Waals surface area contributed by atoms with E-state index in [0.29, 0.717) is 5.92 Å². The van der Waals surface area contributed by atoms with Gasteiger partial charge in [-0.15, -0.1) is 0 Å². The third-order valence-electron chi connectivity index (χ3n) is 3.32. The first-order valence-corrected chi connectivity index (χ1v) is 5.59. The molecule has 0 spiro atoms. The number of aromatic nitrogens is 1. The molecule has 3 rings (SSSR count). The van der Waals surface area contributed by atoms with Crippen LogP contribution in [0.3, 0.4) is 0 Å². The zero-order chi connectivity index (χ0) is 11.0. The molecule has 1 aliphatic carbocycles. The lowest BCUT2D eigenvalue weighted by molar-refractivity contribution is 0.641. The lowest BCUT2D eigenvalue weighted by Gasteiger charge is -2.16. The minimum Gasteiger partial charge on any atom is -0.327 e. The molecule has 16 heavy (non-hydrogen) atoms. The molecule has 0 saturated heterocycles. The van der Waals surface area contributed by atoms with E-state index < -0.39 is 0 Å². The Morgan fingerprint density at radius 1 is 1.12 bits per heavy atom. The van der Waals surface area contributed by atoms with Gasteiger partial charge < -0.3 is 5.73 Å². The van der Waals surface area contributed by atoms with Gasteiger partial charge in [0, 0.05) is 24.4 Å². The van der Waals surface area contributed by atoms with Gasteiger partial charge in [-0.1, -0.05) is 30.3 Å². The molecular weight excluding hydrogens is 196 g/mol. The maximum atomic E-state index is 6.23. The third-order valence-corrected chi connectivity index (χ3v) is 3.32. The van der Waals surface area contributed by atoms with Crippen molar-refractivity contribution >= 4 is 0 Å². The molecule has 2 nitrogen and oxygen atoms in total. The van der Waals surface area contributed by atoms with Gasteiger partial charge in [0.2, 0.25) is 0 Å². The van der Waals surface area contributed by atoms with Crippen LogP contribution in [0.5, 0.6) is 0 Å². The second-order valence-electron chi connectivity index (χ2n) is 4.33. The van der Waals surface area contributed by atoms with Crippen molar-refractivity contribution < 1.29 is 0 Å². The van der Waals surface area contributed by atoms with Crippen molar-refractivity contribution in [3.63, 3.8) is 0 Å². The topological polar surface area (TPSA) is 38.9 Å². The standard InChI is InChI=1S/C14H14N2/c15-13-8-10-4-1-2-6-12(10)14(13)11-5-3-7-16-9-11/h1-7,9,13-14H,8,15H2. The Hall–Kier alpha value is -1.67. The van der Waals surface area contributed by atoms with Crippen molar-refractivity contribution in [3.8, 4) is 0 Å². The van der Waals surface area contributed by atoms with Crippen LogP contribution >= 0.6 is 0 Å². The second-order valence-corrected chi connectivity index (χ2v) is 4.33. The van der Waals surface area contributed by atoms with E-state index in [4.69, 9.17) is 5.73 Å². The first kappa shape index (κ1) is 9.55. The van der Waals surface area contributed by atoms with Crippen LogP contribution in [-0.4, -0.2) is 11.0 Å². The van der Waals surface area contributed by atoms with Crippen molar-refractivity contribution in [3.05, 3.63) is 65.5 Å². The van der Waals surface area contributed by atoms with Gasteiger partial charge in [-0.2, -0.15) is 0 Å². The first-order valence-electron chi connectivity index (χ1n) is 5.59. The van der Waals surface area contributed by atoms with Gasteiger partial charge in [-0.05, 0) is 29.2 Å². The smallest absolute Gasteiger partial charge is 0.0306 e. The molecule has 1 aliphatic rings. The monoisotopic (exact) mass is 210 g/mol. The summed E-state index contributed by atoms with van der Waals surface area (Å²) in [4.78, 5) is 4.18. The van der Waals surface area contributed by atoms with Gasteiger partial charge in [0.05, 0.1) is 0 Å². The summed E-state index contributed by atoms with van der Waals surface area (Å²) in [6.45, 7) is 0. The Morgan fingerprint density at radius 3 is 2.81 bits per heavy atom. The van der Waals surface area contributed by atoms with Gasteiger partial charge in [0.15, 0.2) is 0 Å². The molecule has 2 heteroatoms. The van der Waals surface area contributed by atoms with E-state index in [1.54, 1.807) is 6.20 Å². The minimum absolute atomic E-state index is 0.182. The summed E-state index contributed by atoms with van der Waals surface area (Å²) in [6.07, 6.45) is 4.69. The van der Waals surface area contributed by atoms with Gasteiger partial charge >= 0.3 is 0 Å². The number of pyridine rings is 1. The molecule has 2 unspecified atom stereocenters. The zero-order valence-corrected chi connectivity index (χ0v) is 9.01. The third kappa shape index (κ3) is 1.42. The van der Waals surface area contributed by atoms with Gasteiger partial charge in [-0.3, -0.25) is 4.98 Å². The van der Waals surface area contributed by atoms with Crippen LogP contribution in [0, 0.1) is 0 Å². The fourth-order valence-corrected chi connectivity index (χ4v) is 2.61. The number of nitrogens with zero attached hydrogens (tertiary/aromatic N) is 1. The van der Waals surface area contributed by atoms with Gasteiger partial charge in [-0.25, -0.2) is 0 Å². The number of hydrogen-bond acceptors (Lipinski definition) is 2. The lowest BCUT2D eigenvalue weighted by atomic mass is 9.92. The van der Waals surface area contributed by atoms with E-state index in [-0.39, 0.29) is 6.04 Å². The van der Waals surface area contributed by atoms with Gasteiger partial charge in [0.25, 0.3) is 0 Å². The summed E-state index contributed by atoms with van der Waals surface area (Å²) in [5, 5.41) is 0. The van der Waals surface area contributed by atoms with E-state index in [0.717, 1.165) is 6.42 Å². The predicted octanol–water partition coefficient (Wildman–Crippen LogP) is 2.10. The highest BCUT2D eigenvalue weighted by molar-refractivity contribution is 5.43. The van der Waals surface area contributed by atoms with Crippen LogP contribution in [0.1, 0.15) is 22.6 Å². The van der Waals surface area contributed by atoms with E-state index in [1.807, 2.05) is 12.3 Å². The molecule has 0 radical (unpaired) electrons.